The minimum absolute atomic E-state index is 0.00901. The number of thiophene rings is 1. The molecular formula is C13H12N2O4S2. The molecule has 0 aromatic carbocycles. The summed E-state index contributed by atoms with van der Waals surface area (Å²) < 4.78 is 26.7. The van der Waals surface area contributed by atoms with Crippen molar-refractivity contribution in [3.05, 3.63) is 52.5 Å². The van der Waals surface area contributed by atoms with Crippen molar-refractivity contribution in [1.82, 2.24) is 9.71 Å². The van der Waals surface area contributed by atoms with Crippen LogP contribution in [0.2, 0.25) is 0 Å². The summed E-state index contributed by atoms with van der Waals surface area (Å²) in [7, 11) is -3.69. The first kappa shape index (κ1) is 15.4. The van der Waals surface area contributed by atoms with E-state index in [1.165, 1.54) is 35.9 Å². The molecule has 0 atom stereocenters. The normalized spacial score (nSPS) is 11.8. The third kappa shape index (κ3) is 4.48. The molecule has 110 valence electrons. The summed E-state index contributed by atoms with van der Waals surface area (Å²) in [4.78, 5) is 14.3. The third-order valence-corrected chi connectivity index (χ3v) is 4.61. The number of aromatic nitrogens is 1. The first-order chi connectivity index (χ1) is 9.97. The van der Waals surface area contributed by atoms with Crippen LogP contribution in [0, 0.1) is 0 Å². The third-order valence-electron chi connectivity index (χ3n) is 2.51. The fourth-order valence-corrected chi connectivity index (χ4v) is 3.18. The number of nitrogens with one attached hydrogen (secondary N) is 1. The molecule has 2 aromatic heterocycles. The minimum Gasteiger partial charge on any atom is -0.478 e. The van der Waals surface area contributed by atoms with Crippen LogP contribution in [0.3, 0.4) is 0 Å². The number of pyridine rings is 1. The highest BCUT2D eigenvalue weighted by Crippen LogP contribution is 2.12. The van der Waals surface area contributed by atoms with E-state index in [1.54, 1.807) is 0 Å². The zero-order valence-electron chi connectivity index (χ0n) is 10.8. The van der Waals surface area contributed by atoms with Gasteiger partial charge < -0.3 is 5.11 Å². The van der Waals surface area contributed by atoms with Gasteiger partial charge in [-0.1, -0.05) is 0 Å². The molecule has 0 aliphatic rings. The zero-order valence-corrected chi connectivity index (χ0v) is 12.4. The van der Waals surface area contributed by atoms with E-state index in [4.69, 9.17) is 5.11 Å². The van der Waals surface area contributed by atoms with Crippen LogP contribution in [0.5, 0.6) is 0 Å². The monoisotopic (exact) mass is 324 g/mol. The van der Waals surface area contributed by atoms with E-state index in [0.29, 0.717) is 5.56 Å². The van der Waals surface area contributed by atoms with Gasteiger partial charge in [0.2, 0.25) is 10.0 Å². The second kappa shape index (κ2) is 6.61. The van der Waals surface area contributed by atoms with Crippen LogP contribution in [-0.4, -0.2) is 24.5 Å². The minimum atomic E-state index is -3.69. The van der Waals surface area contributed by atoms with Gasteiger partial charge in [-0.2, -0.15) is 11.3 Å². The molecule has 2 rings (SSSR count). The lowest BCUT2D eigenvalue weighted by atomic mass is 10.2. The number of rotatable bonds is 6. The first-order valence-corrected chi connectivity index (χ1v) is 8.27. The van der Waals surface area contributed by atoms with Crippen LogP contribution in [0.25, 0.3) is 6.08 Å². The van der Waals surface area contributed by atoms with Gasteiger partial charge >= 0.3 is 5.97 Å². The Bertz CT molecular complexity index is 752. The second-order valence-corrected chi connectivity index (χ2v) is 6.63. The summed E-state index contributed by atoms with van der Waals surface area (Å²) in [5, 5.41) is 12.3. The zero-order chi connectivity index (χ0) is 15.3. The number of nitrogens with zero attached hydrogens (tertiary/aromatic N) is 1. The first-order valence-electron chi connectivity index (χ1n) is 5.84. The van der Waals surface area contributed by atoms with E-state index in [2.05, 4.69) is 9.71 Å². The molecule has 0 amide bonds. The van der Waals surface area contributed by atoms with Gasteiger partial charge in [0.15, 0.2) is 0 Å². The van der Waals surface area contributed by atoms with Crippen LogP contribution in [-0.2, 0) is 21.4 Å². The smallest absolute Gasteiger partial charge is 0.328 e. The van der Waals surface area contributed by atoms with Gasteiger partial charge in [0.25, 0.3) is 0 Å². The number of sulfonamides is 1. The maximum Gasteiger partial charge on any atom is 0.328 e. The Kier molecular flexibility index (Phi) is 4.84. The summed E-state index contributed by atoms with van der Waals surface area (Å²) >= 11 is 1.49. The predicted octanol–water partition coefficient (Wildman–Crippen LogP) is 1.72. The van der Waals surface area contributed by atoms with Crippen molar-refractivity contribution < 1.29 is 18.3 Å². The summed E-state index contributed by atoms with van der Waals surface area (Å²) in [5.41, 5.74) is 1.27. The second-order valence-electron chi connectivity index (χ2n) is 4.08. The summed E-state index contributed by atoms with van der Waals surface area (Å²) in [5.74, 6) is -1.11. The lowest BCUT2D eigenvalue weighted by molar-refractivity contribution is -0.131. The predicted molar refractivity (Wildman–Crippen MR) is 79.3 cm³/mol. The van der Waals surface area contributed by atoms with E-state index >= 15 is 0 Å². The van der Waals surface area contributed by atoms with Gasteiger partial charge in [-0.3, -0.25) is 4.98 Å². The summed E-state index contributed by atoms with van der Waals surface area (Å²) in [6.07, 6.45) is 4.81. The molecular weight excluding hydrogens is 312 g/mol. The molecule has 0 fully saturated rings. The molecule has 0 unspecified atom stereocenters. The molecule has 8 heteroatoms. The van der Waals surface area contributed by atoms with E-state index < -0.39 is 16.0 Å². The molecule has 0 saturated heterocycles. The quantitative estimate of drug-likeness (QED) is 0.789. The van der Waals surface area contributed by atoms with E-state index in [-0.39, 0.29) is 11.4 Å². The molecule has 2 heterocycles. The van der Waals surface area contributed by atoms with E-state index in [1.807, 2.05) is 16.8 Å². The number of hydrogen-bond acceptors (Lipinski definition) is 5. The van der Waals surface area contributed by atoms with Crippen LogP contribution in [0.15, 0.2) is 46.3 Å². The van der Waals surface area contributed by atoms with Gasteiger partial charge in [0.1, 0.15) is 4.90 Å². The fraction of sp³-hybridized carbons (Fsp3) is 0.0769. The highest BCUT2D eigenvalue weighted by molar-refractivity contribution is 7.89. The maximum absolute atomic E-state index is 12.1. The van der Waals surface area contributed by atoms with Gasteiger partial charge in [-0.25, -0.2) is 17.9 Å². The molecule has 0 aliphatic carbocycles. The summed E-state index contributed by atoms with van der Waals surface area (Å²) in [6.45, 7) is 0.195. The van der Waals surface area contributed by atoms with Crippen molar-refractivity contribution >= 4 is 33.4 Å². The molecule has 2 N–H and O–H groups in total. The van der Waals surface area contributed by atoms with Crippen LogP contribution >= 0.6 is 11.3 Å². The Labute approximate surface area is 125 Å². The Balaban J connectivity index is 2.16. The maximum atomic E-state index is 12.1. The number of hydrogen-bond donors (Lipinski definition) is 2. The SMILES string of the molecule is O=C(O)C=Cc1cncc(S(=O)(=O)NCc2ccsc2)c1. The largest absolute Gasteiger partial charge is 0.478 e. The van der Waals surface area contributed by atoms with Gasteiger partial charge in [-0.05, 0) is 40.1 Å². The fourth-order valence-electron chi connectivity index (χ4n) is 1.50. The van der Waals surface area contributed by atoms with Gasteiger partial charge in [0, 0.05) is 25.0 Å². The number of carbonyl (C=O) groups is 1. The molecule has 2 aromatic rings. The Morgan fingerprint density at radius 1 is 1.43 bits per heavy atom. The average molecular weight is 324 g/mol. The molecule has 0 aliphatic heterocycles. The standard InChI is InChI=1S/C13H12N2O4S2/c16-13(17)2-1-10-5-12(8-14-6-10)21(18,19)15-7-11-3-4-20-9-11/h1-6,8-9,15H,7H2,(H,16,17). The molecule has 6 nitrogen and oxygen atoms in total. The molecule has 0 spiro atoms. The average Bonchev–Trinajstić information content (AvgIpc) is 2.97. The van der Waals surface area contributed by atoms with Gasteiger partial charge in [-0.15, -0.1) is 0 Å². The van der Waals surface area contributed by atoms with E-state index in [9.17, 15) is 13.2 Å². The van der Waals surface area contributed by atoms with Crippen LogP contribution < -0.4 is 4.72 Å². The van der Waals surface area contributed by atoms with E-state index in [0.717, 1.165) is 11.6 Å². The number of aliphatic carboxylic acids is 1. The molecule has 0 bridgehead atoms. The van der Waals surface area contributed by atoms with Crippen LogP contribution in [0.4, 0.5) is 0 Å². The Morgan fingerprint density at radius 3 is 2.90 bits per heavy atom. The Hall–Kier alpha value is -2.03. The Morgan fingerprint density at radius 2 is 2.24 bits per heavy atom. The lowest BCUT2D eigenvalue weighted by Crippen LogP contribution is -2.23. The number of carboxylic acid groups (broad SMARTS) is 1. The van der Waals surface area contributed by atoms with Crippen molar-refractivity contribution in [2.45, 2.75) is 11.4 Å². The topological polar surface area (TPSA) is 96.4 Å². The molecule has 0 radical (unpaired) electrons. The number of carboxylic acids is 1. The van der Waals surface area contributed by atoms with Crippen molar-refractivity contribution in [3.63, 3.8) is 0 Å². The van der Waals surface area contributed by atoms with Crippen molar-refractivity contribution in [3.8, 4) is 0 Å². The highest BCUT2D eigenvalue weighted by Gasteiger charge is 2.14. The highest BCUT2D eigenvalue weighted by atomic mass is 32.2. The van der Waals surface area contributed by atoms with Crippen molar-refractivity contribution in [2.75, 3.05) is 0 Å². The molecule has 21 heavy (non-hydrogen) atoms. The van der Waals surface area contributed by atoms with Gasteiger partial charge in [0.05, 0.1) is 0 Å². The van der Waals surface area contributed by atoms with Crippen LogP contribution in [0.1, 0.15) is 11.1 Å². The molecule has 0 saturated carbocycles. The van der Waals surface area contributed by atoms with Crippen molar-refractivity contribution in [1.29, 1.82) is 0 Å². The summed E-state index contributed by atoms with van der Waals surface area (Å²) in [6, 6.07) is 3.19. The lowest BCUT2D eigenvalue weighted by Gasteiger charge is -2.06. The van der Waals surface area contributed by atoms with Crippen molar-refractivity contribution in [2.24, 2.45) is 0 Å².